The van der Waals surface area contributed by atoms with Gasteiger partial charge in [0.1, 0.15) is 0 Å². The van der Waals surface area contributed by atoms with E-state index >= 15 is 0 Å². The normalized spacial score (nSPS) is 31.6. The van der Waals surface area contributed by atoms with Crippen molar-refractivity contribution in [2.24, 2.45) is 11.8 Å². The molecule has 1 N–H and O–H groups in total. The molecule has 1 fully saturated rings. The van der Waals surface area contributed by atoms with Gasteiger partial charge in [-0.25, -0.2) is 0 Å². The van der Waals surface area contributed by atoms with Crippen molar-refractivity contribution in [2.75, 3.05) is 6.61 Å². The van der Waals surface area contributed by atoms with Gasteiger partial charge in [-0.05, 0) is 35.8 Å². The molecule has 1 aliphatic carbocycles. The summed E-state index contributed by atoms with van der Waals surface area (Å²) < 4.78 is 0. The molecule has 71 valence electrons. The second-order valence-corrected chi connectivity index (χ2v) is 3.88. The van der Waals surface area contributed by atoms with Gasteiger partial charge in [0, 0.05) is 44.1 Å². The molecule has 0 saturated heterocycles. The van der Waals surface area contributed by atoms with Crippen LogP contribution < -0.4 is 0 Å². The van der Waals surface area contributed by atoms with Gasteiger partial charge in [0.25, 0.3) is 0 Å². The molecule has 1 aliphatic rings. The first kappa shape index (κ1) is 13.9. The van der Waals surface area contributed by atoms with Crippen LogP contribution >= 0.6 is 0 Å². The molecule has 0 bridgehead atoms. The first-order valence-corrected chi connectivity index (χ1v) is 4.64. The molecule has 1 saturated carbocycles. The van der Waals surface area contributed by atoms with Crippen LogP contribution in [0.25, 0.3) is 0 Å². The summed E-state index contributed by atoms with van der Waals surface area (Å²) in [6.07, 6.45) is 4.22. The molecule has 1 rings (SSSR count). The first-order valence-electron chi connectivity index (χ1n) is 4.64. The average molecular weight is 393 g/mol. The fraction of sp³-hybridized carbons (Fsp3) is 0.636. The van der Waals surface area contributed by atoms with Crippen molar-refractivity contribution in [3.05, 3.63) is 23.8 Å². The number of allylic oxidation sites excluding steroid dienone is 2. The van der Waals surface area contributed by atoms with E-state index in [1.807, 2.05) is 6.08 Å². The Kier molecular flexibility index (Phi) is 6.81. The summed E-state index contributed by atoms with van der Waals surface area (Å²) >= 11 is 0. The zero-order valence-electron chi connectivity index (χ0n) is 8.59. The van der Waals surface area contributed by atoms with Crippen molar-refractivity contribution in [1.29, 1.82) is 0 Å². The van der Waals surface area contributed by atoms with Gasteiger partial charge in [0.15, 0.2) is 0 Å². The van der Waals surface area contributed by atoms with E-state index in [2.05, 4.69) is 20.4 Å². The van der Waals surface area contributed by atoms with Gasteiger partial charge in [-0.3, -0.25) is 0 Å². The van der Waals surface area contributed by atoms with Crippen LogP contribution in [0.3, 0.4) is 0 Å². The molecule has 0 unspecified atom stereocenters. The van der Waals surface area contributed by atoms with Crippen LogP contribution in [0.4, 0.5) is 0 Å². The van der Waals surface area contributed by atoms with Crippen LogP contribution in [0.2, 0.25) is 0 Å². The van der Waals surface area contributed by atoms with Crippen LogP contribution in [-0.2, 0) is 0 Å². The molecular weight excluding hydrogens is 375 g/mol. The fourth-order valence-corrected chi connectivity index (χ4v) is 1.98. The van der Waals surface area contributed by atoms with Gasteiger partial charge in [-0.15, -0.1) is 0 Å². The smallest absolute Gasteiger partial charge is 0.0618 e. The molecule has 13 heavy (non-hydrogen) atoms. The average Bonchev–Trinajstić information content (AvgIpc) is 2.00. The van der Waals surface area contributed by atoms with Crippen molar-refractivity contribution < 1.29 is 49.2 Å². The molecule has 0 heterocycles. The van der Waals surface area contributed by atoms with Gasteiger partial charge in [-0.2, -0.15) is 0 Å². The third-order valence-electron chi connectivity index (χ3n) is 2.67. The van der Waals surface area contributed by atoms with E-state index in [9.17, 15) is 0 Å². The Bertz CT molecular complexity index is 208. The molecule has 1 nitrogen and oxygen atoms in total. The fourth-order valence-electron chi connectivity index (χ4n) is 1.98. The van der Waals surface area contributed by atoms with Gasteiger partial charge in [0.05, 0.1) is 6.61 Å². The molecule has 0 aliphatic heterocycles. The van der Waals surface area contributed by atoms with E-state index in [0.717, 1.165) is 12.3 Å². The van der Waals surface area contributed by atoms with Gasteiger partial charge >= 0.3 is 0 Å². The Morgan fingerprint density at radius 3 is 2.69 bits per heavy atom. The maximum absolute atomic E-state index is 8.79. The number of hydrogen-bond acceptors (Lipinski definition) is 1. The van der Waals surface area contributed by atoms with Crippen LogP contribution in [0.1, 0.15) is 26.7 Å². The zero-order valence-corrected chi connectivity index (χ0v) is 13.3. The van der Waals surface area contributed by atoms with E-state index in [1.54, 1.807) is 0 Å². The number of aliphatic hydroxyl groups is 1. The minimum Gasteiger partial charge on any atom is -0.392 e. The van der Waals surface area contributed by atoms with Crippen LogP contribution in [-0.4, -0.2) is 11.7 Å². The Morgan fingerprint density at radius 2 is 2.15 bits per heavy atom. The van der Waals surface area contributed by atoms with E-state index in [0.29, 0.717) is 5.92 Å². The Balaban J connectivity index is 0.00000144. The topological polar surface area (TPSA) is 20.2 Å². The summed E-state index contributed by atoms with van der Waals surface area (Å²) in [5, 5.41) is 8.79. The van der Waals surface area contributed by atoms with Crippen LogP contribution in [0.15, 0.2) is 23.8 Å². The summed E-state index contributed by atoms with van der Waals surface area (Å²) in [6.45, 7) is 8.67. The second kappa shape index (κ2) is 6.38. The molecule has 0 aromatic carbocycles. The van der Waals surface area contributed by atoms with Gasteiger partial charge in [-0.1, -0.05) is 26.5 Å². The van der Waals surface area contributed by atoms with Gasteiger partial charge in [0.2, 0.25) is 0 Å². The standard InChI is InChI=1S/C11H18O.Ac/c1-8-6-9(2)10(3)11(7-8)4-5-12;/h4,8-9,12H,3,5-7H2,1-2H3;/b11-4+;/t8-,9+;/m1./s1. The second-order valence-electron chi connectivity index (χ2n) is 3.88. The maximum atomic E-state index is 8.79. The number of rotatable bonds is 1. The van der Waals surface area contributed by atoms with E-state index in [1.165, 1.54) is 17.6 Å². The summed E-state index contributed by atoms with van der Waals surface area (Å²) in [7, 11) is 0. The Morgan fingerprint density at radius 1 is 1.54 bits per heavy atom. The molecular formula is C11H18AcO. The molecule has 0 aromatic heterocycles. The summed E-state index contributed by atoms with van der Waals surface area (Å²) in [5.74, 6) is 1.33. The SMILES string of the molecule is C=C1/C(=C/CO)C[C@H](C)C[C@@H]1C.[Ac]. The molecule has 0 aromatic rings. The molecule has 0 amide bonds. The van der Waals surface area contributed by atoms with Crippen molar-refractivity contribution in [1.82, 2.24) is 0 Å². The minimum absolute atomic E-state index is 0. The van der Waals surface area contributed by atoms with Crippen LogP contribution in [0.5, 0.6) is 0 Å². The number of aliphatic hydroxyl groups excluding tert-OH is 1. The molecule has 2 heteroatoms. The summed E-state index contributed by atoms with van der Waals surface area (Å²) in [4.78, 5) is 0. The minimum atomic E-state index is 0. The summed E-state index contributed by atoms with van der Waals surface area (Å²) in [5.41, 5.74) is 2.49. The van der Waals surface area contributed by atoms with Crippen molar-refractivity contribution >= 4 is 0 Å². The van der Waals surface area contributed by atoms with Crippen molar-refractivity contribution in [3.63, 3.8) is 0 Å². The Hall–Kier alpha value is 0.882. The van der Waals surface area contributed by atoms with Gasteiger partial charge < -0.3 is 5.11 Å². The number of hydrogen-bond donors (Lipinski definition) is 1. The third kappa shape index (κ3) is 3.86. The zero-order chi connectivity index (χ0) is 9.14. The first-order chi connectivity index (χ1) is 5.65. The van der Waals surface area contributed by atoms with Crippen LogP contribution in [0, 0.1) is 55.9 Å². The largest absolute Gasteiger partial charge is 0.392 e. The predicted molar refractivity (Wildman–Crippen MR) is 51.9 cm³/mol. The monoisotopic (exact) mass is 393 g/mol. The van der Waals surface area contributed by atoms with E-state index in [-0.39, 0.29) is 50.7 Å². The molecule has 1 radical (unpaired) electrons. The Labute approximate surface area is 117 Å². The quantitative estimate of drug-likeness (QED) is 0.726. The van der Waals surface area contributed by atoms with Crippen molar-refractivity contribution in [2.45, 2.75) is 26.7 Å². The summed E-state index contributed by atoms with van der Waals surface area (Å²) in [6, 6.07) is 0. The van der Waals surface area contributed by atoms with E-state index < -0.39 is 0 Å². The molecule has 2 atom stereocenters. The predicted octanol–water partition coefficient (Wildman–Crippen LogP) is 2.53. The third-order valence-corrected chi connectivity index (χ3v) is 2.67. The molecule has 0 spiro atoms. The van der Waals surface area contributed by atoms with Crippen molar-refractivity contribution in [3.8, 4) is 0 Å². The maximum Gasteiger partial charge on any atom is 0.0618 e. The van der Waals surface area contributed by atoms with E-state index in [4.69, 9.17) is 5.11 Å².